The first-order chi connectivity index (χ1) is 10.1. The van der Waals surface area contributed by atoms with E-state index in [2.05, 4.69) is 62.9 Å². The lowest BCUT2D eigenvalue weighted by atomic mass is 10.00. The van der Waals surface area contributed by atoms with Crippen LogP contribution in [0.3, 0.4) is 0 Å². The van der Waals surface area contributed by atoms with E-state index < -0.39 is 0 Å². The lowest BCUT2D eigenvalue weighted by Gasteiger charge is -2.23. The van der Waals surface area contributed by atoms with Crippen molar-refractivity contribution >= 4 is 16.7 Å². The number of fused-ring (bicyclic) bond motifs is 1. The van der Waals surface area contributed by atoms with Gasteiger partial charge in [-0.05, 0) is 43.5 Å². The van der Waals surface area contributed by atoms with Crippen LogP contribution in [0.4, 0.5) is 5.82 Å². The Balaban J connectivity index is 2.61. The van der Waals surface area contributed by atoms with E-state index in [0.717, 1.165) is 35.4 Å². The zero-order chi connectivity index (χ0) is 15.4. The van der Waals surface area contributed by atoms with Crippen LogP contribution in [0.2, 0.25) is 0 Å². The molecule has 1 aromatic carbocycles. The zero-order valence-electron chi connectivity index (χ0n) is 13.3. The molecule has 21 heavy (non-hydrogen) atoms. The second kappa shape index (κ2) is 6.58. The predicted octanol–water partition coefficient (Wildman–Crippen LogP) is 4.27. The van der Waals surface area contributed by atoms with Crippen LogP contribution in [-0.2, 0) is 6.42 Å². The molecule has 3 heteroatoms. The first kappa shape index (κ1) is 15.3. The number of pyridine rings is 1. The third-order valence-corrected chi connectivity index (χ3v) is 3.89. The molecule has 0 saturated carbocycles. The fraction of sp³-hybridized carbons (Fsp3) is 0.444. The van der Waals surface area contributed by atoms with Gasteiger partial charge in [0.2, 0.25) is 0 Å². The Hall–Kier alpha value is -2.08. The molecule has 0 radical (unpaired) electrons. The van der Waals surface area contributed by atoms with E-state index in [-0.39, 0.29) is 0 Å². The second-order valence-corrected chi connectivity index (χ2v) is 5.59. The molecule has 0 bridgehead atoms. The van der Waals surface area contributed by atoms with Gasteiger partial charge in [-0.15, -0.1) is 0 Å². The van der Waals surface area contributed by atoms with Crippen LogP contribution in [0.1, 0.15) is 44.7 Å². The largest absolute Gasteiger partial charge is 0.357 e. The fourth-order valence-electron chi connectivity index (χ4n) is 2.60. The number of hydrogen-bond donors (Lipinski definition) is 0. The molecule has 0 atom stereocenters. The van der Waals surface area contributed by atoms with Gasteiger partial charge in [-0.2, -0.15) is 5.26 Å². The number of benzene rings is 1. The molecule has 1 aromatic heterocycles. The zero-order valence-corrected chi connectivity index (χ0v) is 13.3. The minimum Gasteiger partial charge on any atom is -0.357 e. The lowest BCUT2D eigenvalue weighted by molar-refractivity contribution is 0.841. The summed E-state index contributed by atoms with van der Waals surface area (Å²) in [6.45, 7) is 10.4. The van der Waals surface area contributed by atoms with Gasteiger partial charge in [0.1, 0.15) is 5.82 Å². The Morgan fingerprint density at radius 2 is 1.90 bits per heavy atom. The number of nitriles is 1. The molecule has 3 nitrogen and oxygen atoms in total. The van der Waals surface area contributed by atoms with Gasteiger partial charge in [-0.1, -0.05) is 19.9 Å². The Morgan fingerprint density at radius 1 is 1.19 bits per heavy atom. The molecular weight excluding hydrogens is 258 g/mol. The van der Waals surface area contributed by atoms with Crippen LogP contribution in [0.15, 0.2) is 24.3 Å². The molecule has 110 valence electrons. The molecule has 0 aliphatic carbocycles. The molecule has 0 fully saturated rings. The molecule has 0 saturated heterocycles. The van der Waals surface area contributed by atoms with Crippen molar-refractivity contribution in [2.75, 3.05) is 18.0 Å². The van der Waals surface area contributed by atoms with Gasteiger partial charge in [0.05, 0.1) is 18.0 Å². The van der Waals surface area contributed by atoms with Gasteiger partial charge in [-0.3, -0.25) is 0 Å². The average molecular weight is 281 g/mol. The third kappa shape index (κ3) is 3.16. The van der Waals surface area contributed by atoms with Crippen molar-refractivity contribution in [2.24, 2.45) is 0 Å². The summed E-state index contributed by atoms with van der Waals surface area (Å²) in [7, 11) is 0. The maximum Gasteiger partial charge on any atom is 0.133 e. The summed E-state index contributed by atoms with van der Waals surface area (Å²) < 4.78 is 0. The van der Waals surface area contributed by atoms with Crippen LogP contribution in [-0.4, -0.2) is 18.1 Å². The Bertz CT molecular complexity index is 664. The average Bonchev–Trinajstić information content (AvgIpc) is 2.48. The highest BCUT2D eigenvalue weighted by Crippen LogP contribution is 2.26. The maximum absolute atomic E-state index is 9.09. The first-order valence-electron chi connectivity index (χ1n) is 7.66. The molecular formula is C18H23N3. The topological polar surface area (TPSA) is 39.9 Å². The van der Waals surface area contributed by atoms with Crippen LogP contribution in [0.5, 0.6) is 0 Å². The van der Waals surface area contributed by atoms with E-state index in [0.29, 0.717) is 12.3 Å². The van der Waals surface area contributed by atoms with Gasteiger partial charge in [-0.25, -0.2) is 4.98 Å². The molecule has 0 spiro atoms. The summed E-state index contributed by atoms with van der Waals surface area (Å²) in [5.74, 6) is 1.45. The van der Waals surface area contributed by atoms with E-state index in [1.165, 1.54) is 5.56 Å². The van der Waals surface area contributed by atoms with Crippen molar-refractivity contribution in [1.29, 1.82) is 5.26 Å². The Kier molecular flexibility index (Phi) is 4.80. The highest BCUT2D eigenvalue weighted by Gasteiger charge is 2.12. The summed E-state index contributed by atoms with van der Waals surface area (Å²) >= 11 is 0. The van der Waals surface area contributed by atoms with E-state index in [4.69, 9.17) is 10.2 Å². The second-order valence-electron chi connectivity index (χ2n) is 5.59. The molecule has 0 aliphatic rings. The number of rotatable bonds is 5. The third-order valence-electron chi connectivity index (χ3n) is 3.89. The van der Waals surface area contributed by atoms with Crippen molar-refractivity contribution in [2.45, 2.75) is 40.0 Å². The van der Waals surface area contributed by atoms with Crippen molar-refractivity contribution in [3.05, 3.63) is 35.4 Å². The normalized spacial score (nSPS) is 10.9. The minimum absolute atomic E-state index is 0.403. The first-order valence-corrected chi connectivity index (χ1v) is 7.66. The van der Waals surface area contributed by atoms with E-state index in [1.807, 2.05) is 0 Å². The molecule has 2 rings (SSSR count). The number of anilines is 1. The van der Waals surface area contributed by atoms with Crippen LogP contribution in [0, 0.1) is 11.3 Å². The van der Waals surface area contributed by atoms with E-state index >= 15 is 0 Å². The van der Waals surface area contributed by atoms with Gasteiger partial charge in [0.15, 0.2) is 0 Å². The number of aromatic nitrogens is 1. The molecule has 0 N–H and O–H groups in total. The Morgan fingerprint density at radius 3 is 2.48 bits per heavy atom. The van der Waals surface area contributed by atoms with Crippen LogP contribution >= 0.6 is 0 Å². The number of hydrogen-bond acceptors (Lipinski definition) is 3. The summed E-state index contributed by atoms with van der Waals surface area (Å²) in [5.41, 5.74) is 3.33. The van der Waals surface area contributed by atoms with Gasteiger partial charge in [0.25, 0.3) is 0 Å². The molecule has 1 heterocycles. The predicted molar refractivity (Wildman–Crippen MR) is 88.7 cm³/mol. The van der Waals surface area contributed by atoms with E-state index in [1.54, 1.807) is 0 Å². The summed E-state index contributed by atoms with van der Waals surface area (Å²) in [4.78, 5) is 7.02. The maximum atomic E-state index is 9.09. The summed E-state index contributed by atoms with van der Waals surface area (Å²) in [6.07, 6.45) is 0.403. The quantitative estimate of drug-likeness (QED) is 0.821. The van der Waals surface area contributed by atoms with Gasteiger partial charge >= 0.3 is 0 Å². The van der Waals surface area contributed by atoms with Gasteiger partial charge < -0.3 is 4.90 Å². The standard InChI is InChI=1S/C18H23N3/c1-5-21(6-2)18-15(9-10-19)12-16-11-14(13(3)4)7-8-17(16)20-18/h7-8,11-13H,5-6,9H2,1-4H3. The fourth-order valence-corrected chi connectivity index (χ4v) is 2.60. The summed E-state index contributed by atoms with van der Waals surface area (Å²) in [5, 5.41) is 10.2. The molecule has 2 aromatic rings. The SMILES string of the molecule is CCN(CC)c1nc2ccc(C(C)C)cc2cc1CC#N. The van der Waals surface area contributed by atoms with Crippen LogP contribution in [0.25, 0.3) is 10.9 Å². The number of nitrogens with zero attached hydrogens (tertiary/aromatic N) is 3. The summed E-state index contributed by atoms with van der Waals surface area (Å²) in [6, 6.07) is 10.8. The monoisotopic (exact) mass is 281 g/mol. The lowest BCUT2D eigenvalue weighted by Crippen LogP contribution is -2.24. The smallest absolute Gasteiger partial charge is 0.133 e. The molecule has 0 unspecified atom stereocenters. The van der Waals surface area contributed by atoms with Gasteiger partial charge in [0, 0.05) is 24.0 Å². The minimum atomic E-state index is 0.403. The molecule has 0 amide bonds. The van der Waals surface area contributed by atoms with Crippen LogP contribution < -0.4 is 4.90 Å². The van der Waals surface area contributed by atoms with Crippen molar-refractivity contribution < 1.29 is 0 Å². The molecule has 0 aliphatic heterocycles. The van der Waals surface area contributed by atoms with Crippen molar-refractivity contribution in [3.8, 4) is 6.07 Å². The van der Waals surface area contributed by atoms with Crippen molar-refractivity contribution in [1.82, 2.24) is 4.98 Å². The highest BCUT2D eigenvalue weighted by atomic mass is 15.2. The highest BCUT2D eigenvalue weighted by molar-refractivity contribution is 5.83. The van der Waals surface area contributed by atoms with Crippen molar-refractivity contribution in [3.63, 3.8) is 0 Å². The Labute approximate surface area is 127 Å². The van der Waals surface area contributed by atoms with E-state index in [9.17, 15) is 0 Å².